The van der Waals surface area contributed by atoms with Crippen LogP contribution < -0.4 is 0 Å². The summed E-state index contributed by atoms with van der Waals surface area (Å²) in [6, 6.07) is 2.59. The number of piperidine rings is 1. The van der Waals surface area contributed by atoms with Crippen LogP contribution in [-0.4, -0.2) is 56.1 Å². The highest BCUT2D eigenvalue weighted by molar-refractivity contribution is 5.93. The van der Waals surface area contributed by atoms with Crippen molar-refractivity contribution in [3.63, 3.8) is 0 Å². The quantitative estimate of drug-likeness (QED) is 0.833. The third-order valence-electron chi connectivity index (χ3n) is 6.96. The van der Waals surface area contributed by atoms with E-state index in [-0.39, 0.29) is 35.4 Å². The minimum atomic E-state index is 0.0212. The van der Waals surface area contributed by atoms with Gasteiger partial charge >= 0.3 is 0 Å². The number of carbonyl (C=O) groups excluding carboxylic acids is 2. The predicted molar refractivity (Wildman–Crippen MR) is 98.7 cm³/mol. The molecule has 3 aliphatic rings. The normalized spacial score (nSPS) is 32.8. The summed E-state index contributed by atoms with van der Waals surface area (Å²) in [6.07, 6.45) is 6.11. The number of hydrogen-bond donors (Lipinski definition) is 0. The van der Waals surface area contributed by atoms with Gasteiger partial charge in [-0.05, 0) is 38.2 Å². The van der Waals surface area contributed by atoms with Crippen molar-refractivity contribution in [2.75, 3.05) is 6.54 Å². The first-order chi connectivity index (χ1) is 12.4. The van der Waals surface area contributed by atoms with Crippen LogP contribution in [0.4, 0.5) is 0 Å². The molecule has 0 unspecified atom stereocenters. The van der Waals surface area contributed by atoms with Gasteiger partial charge in [0.15, 0.2) is 0 Å². The molecule has 2 aliphatic heterocycles. The van der Waals surface area contributed by atoms with Crippen molar-refractivity contribution in [2.45, 2.75) is 77.4 Å². The van der Waals surface area contributed by atoms with Gasteiger partial charge in [-0.3, -0.25) is 14.3 Å². The van der Waals surface area contributed by atoms with Crippen molar-refractivity contribution < 1.29 is 9.59 Å². The Kier molecular flexibility index (Phi) is 4.12. The maximum atomic E-state index is 13.5. The first-order valence-corrected chi connectivity index (χ1v) is 9.99. The molecule has 3 heterocycles. The fourth-order valence-corrected chi connectivity index (χ4v) is 5.89. The highest BCUT2D eigenvalue weighted by Crippen LogP contribution is 2.54. The zero-order chi connectivity index (χ0) is 18.6. The molecule has 3 fully saturated rings. The van der Waals surface area contributed by atoms with Crippen LogP contribution in [0, 0.1) is 5.41 Å². The molecular weight excluding hydrogens is 328 g/mol. The SMILES string of the molecule is CCCc1cc(C(=O)N2[C@@H]3CN(C(C)=O)[C@@H]4CCC[C@H]2[C@]4(C)C3)n(C)n1. The fourth-order valence-electron chi connectivity index (χ4n) is 5.89. The Bertz CT molecular complexity index is 742. The van der Waals surface area contributed by atoms with E-state index in [1.807, 2.05) is 18.0 Å². The van der Waals surface area contributed by atoms with Crippen molar-refractivity contribution >= 4 is 11.8 Å². The Morgan fingerprint density at radius 3 is 2.73 bits per heavy atom. The number of amides is 2. The molecule has 0 aromatic carbocycles. The second-order valence-corrected chi connectivity index (χ2v) is 8.60. The summed E-state index contributed by atoms with van der Waals surface area (Å²) >= 11 is 0. The van der Waals surface area contributed by atoms with Crippen molar-refractivity contribution in [3.05, 3.63) is 17.5 Å². The lowest BCUT2D eigenvalue weighted by molar-refractivity contribution is -0.137. The number of hydrogen-bond acceptors (Lipinski definition) is 3. The first kappa shape index (κ1) is 17.6. The molecule has 1 saturated carbocycles. The van der Waals surface area contributed by atoms with Gasteiger partial charge in [-0.1, -0.05) is 20.3 Å². The van der Waals surface area contributed by atoms with E-state index in [4.69, 9.17) is 0 Å². The van der Waals surface area contributed by atoms with E-state index in [9.17, 15) is 9.59 Å². The standard InChI is InChI=1S/C20H30N4O2/c1-5-7-14-10-16(22(4)21-14)19(26)24-15-11-20(3)17(8-6-9-18(20)24)23(12-15)13(2)25/h10,15,17-18H,5-9,11-12H2,1-4H3/t15-,17+,18-,20+/m0/s1. The largest absolute Gasteiger partial charge is 0.337 e. The number of rotatable bonds is 3. The smallest absolute Gasteiger partial charge is 0.272 e. The zero-order valence-electron chi connectivity index (χ0n) is 16.4. The molecule has 0 spiro atoms. The Morgan fingerprint density at radius 1 is 1.31 bits per heavy atom. The second kappa shape index (κ2) is 6.10. The minimum absolute atomic E-state index is 0.0212. The van der Waals surface area contributed by atoms with Gasteiger partial charge in [-0.2, -0.15) is 5.10 Å². The molecule has 1 aliphatic carbocycles. The van der Waals surface area contributed by atoms with Gasteiger partial charge in [0, 0.05) is 38.0 Å². The van der Waals surface area contributed by atoms with E-state index in [1.165, 1.54) is 0 Å². The first-order valence-electron chi connectivity index (χ1n) is 9.99. The van der Waals surface area contributed by atoms with Crippen LogP contribution in [0.15, 0.2) is 6.07 Å². The summed E-state index contributed by atoms with van der Waals surface area (Å²) in [7, 11) is 1.86. The average Bonchev–Trinajstić information content (AvgIpc) is 3.09. The predicted octanol–water partition coefficient (Wildman–Crippen LogP) is 2.38. The Hall–Kier alpha value is -1.85. The van der Waals surface area contributed by atoms with Crippen LogP contribution in [0.25, 0.3) is 0 Å². The van der Waals surface area contributed by atoms with Crippen LogP contribution in [-0.2, 0) is 18.3 Å². The van der Waals surface area contributed by atoms with Crippen molar-refractivity contribution in [2.24, 2.45) is 12.5 Å². The second-order valence-electron chi connectivity index (χ2n) is 8.60. The summed E-state index contributed by atoms with van der Waals surface area (Å²) in [5.74, 6) is 0.235. The molecule has 142 valence electrons. The summed E-state index contributed by atoms with van der Waals surface area (Å²) in [5.41, 5.74) is 1.69. The number of likely N-dealkylation sites (tertiary alicyclic amines) is 2. The number of aryl methyl sites for hydroxylation is 2. The average molecular weight is 358 g/mol. The maximum absolute atomic E-state index is 13.5. The molecule has 26 heavy (non-hydrogen) atoms. The zero-order valence-corrected chi connectivity index (χ0v) is 16.4. The van der Waals surface area contributed by atoms with E-state index >= 15 is 0 Å². The van der Waals surface area contributed by atoms with Gasteiger partial charge in [0.1, 0.15) is 5.69 Å². The molecule has 6 heteroatoms. The van der Waals surface area contributed by atoms with E-state index in [0.29, 0.717) is 12.2 Å². The highest BCUT2D eigenvalue weighted by atomic mass is 16.2. The van der Waals surface area contributed by atoms with Crippen LogP contribution in [0.1, 0.15) is 69.1 Å². The van der Waals surface area contributed by atoms with Crippen molar-refractivity contribution in [1.29, 1.82) is 0 Å². The lowest BCUT2D eigenvalue weighted by Gasteiger charge is -2.49. The molecule has 4 rings (SSSR count). The lowest BCUT2D eigenvalue weighted by atomic mass is 9.66. The van der Waals surface area contributed by atoms with E-state index in [0.717, 1.165) is 44.2 Å². The Morgan fingerprint density at radius 2 is 2.04 bits per heavy atom. The summed E-state index contributed by atoms with van der Waals surface area (Å²) in [4.78, 5) is 29.9. The van der Waals surface area contributed by atoms with Gasteiger partial charge in [-0.15, -0.1) is 0 Å². The molecule has 1 aromatic rings. The van der Waals surface area contributed by atoms with Crippen LogP contribution in [0.2, 0.25) is 0 Å². The van der Waals surface area contributed by atoms with Gasteiger partial charge in [0.2, 0.25) is 5.91 Å². The number of aromatic nitrogens is 2. The molecule has 2 amide bonds. The van der Waals surface area contributed by atoms with Gasteiger partial charge in [0.05, 0.1) is 11.7 Å². The molecule has 0 N–H and O–H groups in total. The molecular formula is C20H30N4O2. The third-order valence-corrected chi connectivity index (χ3v) is 6.96. The van der Waals surface area contributed by atoms with E-state index in [2.05, 4.69) is 23.8 Å². The summed E-state index contributed by atoms with van der Waals surface area (Å²) in [5, 5.41) is 4.52. The Balaban J connectivity index is 1.69. The van der Waals surface area contributed by atoms with Crippen LogP contribution in [0.5, 0.6) is 0 Å². The topological polar surface area (TPSA) is 58.4 Å². The monoisotopic (exact) mass is 358 g/mol. The number of nitrogens with zero attached hydrogens (tertiary/aromatic N) is 4. The van der Waals surface area contributed by atoms with Gasteiger partial charge in [-0.25, -0.2) is 0 Å². The van der Waals surface area contributed by atoms with Crippen molar-refractivity contribution in [3.8, 4) is 0 Å². The fraction of sp³-hybridized carbons (Fsp3) is 0.750. The highest BCUT2D eigenvalue weighted by Gasteiger charge is 2.61. The lowest BCUT2D eigenvalue weighted by Crippen LogP contribution is -2.57. The molecule has 2 bridgehead atoms. The van der Waals surface area contributed by atoms with Crippen LogP contribution in [0.3, 0.4) is 0 Å². The van der Waals surface area contributed by atoms with Gasteiger partial charge in [0.25, 0.3) is 5.91 Å². The third kappa shape index (κ3) is 2.41. The summed E-state index contributed by atoms with van der Waals surface area (Å²) < 4.78 is 1.74. The molecule has 0 radical (unpaired) electrons. The van der Waals surface area contributed by atoms with Gasteiger partial charge < -0.3 is 9.80 Å². The molecule has 1 aromatic heterocycles. The number of fused-ring (bicyclic) bond motifs is 1. The van der Waals surface area contributed by atoms with Crippen LogP contribution >= 0.6 is 0 Å². The molecule has 2 saturated heterocycles. The minimum Gasteiger partial charge on any atom is -0.337 e. The number of carbonyl (C=O) groups is 2. The van der Waals surface area contributed by atoms with E-state index < -0.39 is 0 Å². The van der Waals surface area contributed by atoms with E-state index in [1.54, 1.807) is 11.6 Å². The summed E-state index contributed by atoms with van der Waals surface area (Å²) in [6.45, 7) is 6.77. The molecule has 4 atom stereocenters. The van der Waals surface area contributed by atoms with Crippen molar-refractivity contribution in [1.82, 2.24) is 19.6 Å². The molecule has 6 nitrogen and oxygen atoms in total. The maximum Gasteiger partial charge on any atom is 0.272 e. The Labute approximate surface area is 155 Å².